The standard InChI is InChI=1S/C19H17F3N2O2/c1-3-12-5-7-13(8-6-12)17-23-15-10-9-14(11-16(15)26-17)24(4-2)18(25)19(20,21)22/h5-11H,3-4H2,1-2H3. The van der Waals surface area contributed by atoms with Gasteiger partial charge in [0.15, 0.2) is 5.58 Å². The second-order valence-electron chi connectivity index (χ2n) is 5.77. The third-order valence-corrected chi connectivity index (χ3v) is 4.10. The predicted molar refractivity (Wildman–Crippen MR) is 92.9 cm³/mol. The number of hydrogen-bond acceptors (Lipinski definition) is 3. The van der Waals surface area contributed by atoms with Crippen LogP contribution in [-0.2, 0) is 11.2 Å². The lowest BCUT2D eigenvalue weighted by molar-refractivity contribution is -0.170. The van der Waals surface area contributed by atoms with Crippen LogP contribution in [0, 0.1) is 0 Å². The van der Waals surface area contributed by atoms with Crippen LogP contribution in [0.1, 0.15) is 19.4 Å². The monoisotopic (exact) mass is 362 g/mol. The van der Waals surface area contributed by atoms with Crippen LogP contribution in [0.15, 0.2) is 46.9 Å². The summed E-state index contributed by atoms with van der Waals surface area (Å²) in [6.07, 6.45) is -4.02. The van der Waals surface area contributed by atoms with Crippen molar-refractivity contribution in [1.29, 1.82) is 0 Å². The molecule has 0 aliphatic carbocycles. The van der Waals surface area contributed by atoms with Gasteiger partial charge in [-0.3, -0.25) is 4.79 Å². The second kappa shape index (κ2) is 6.82. The Labute approximate surface area is 148 Å². The average molecular weight is 362 g/mol. The number of carbonyl (C=O) groups excluding carboxylic acids is 1. The summed E-state index contributed by atoms with van der Waals surface area (Å²) < 4.78 is 43.9. The van der Waals surface area contributed by atoms with Gasteiger partial charge < -0.3 is 9.32 Å². The van der Waals surface area contributed by atoms with E-state index in [4.69, 9.17) is 4.42 Å². The van der Waals surface area contributed by atoms with Crippen molar-refractivity contribution >= 4 is 22.7 Å². The number of oxazole rings is 1. The number of amides is 1. The van der Waals surface area contributed by atoms with Gasteiger partial charge in [0, 0.05) is 23.9 Å². The molecule has 1 heterocycles. The molecule has 3 aromatic rings. The van der Waals surface area contributed by atoms with Crippen LogP contribution in [0.2, 0.25) is 0 Å². The van der Waals surface area contributed by atoms with Crippen molar-refractivity contribution in [3.8, 4) is 11.5 Å². The van der Waals surface area contributed by atoms with E-state index in [1.807, 2.05) is 24.3 Å². The summed E-state index contributed by atoms with van der Waals surface area (Å²) in [6, 6.07) is 12.1. The summed E-state index contributed by atoms with van der Waals surface area (Å²) in [5.41, 5.74) is 2.91. The number of halogens is 3. The molecule has 0 aliphatic heterocycles. The van der Waals surface area contributed by atoms with E-state index in [0.717, 1.165) is 12.0 Å². The molecule has 0 fully saturated rings. The number of fused-ring (bicyclic) bond motifs is 1. The topological polar surface area (TPSA) is 46.3 Å². The van der Waals surface area contributed by atoms with E-state index in [9.17, 15) is 18.0 Å². The average Bonchev–Trinajstić information content (AvgIpc) is 3.05. The largest absolute Gasteiger partial charge is 0.471 e. The molecule has 136 valence electrons. The minimum absolute atomic E-state index is 0.108. The van der Waals surface area contributed by atoms with Crippen LogP contribution in [0.25, 0.3) is 22.6 Å². The zero-order valence-corrected chi connectivity index (χ0v) is 14.3. The first-order valence-corrected chi connectivity index (χ1v) is 8.22. The van der Waals surface area contributed by atoms with Gasteiger partial charge in [0.25, 0.3) is 0 Å². The van der Waals surface area contributed by atoms with Gasteiger partial charge in [-0.1, -0.05) is 19.1 Å². The van der Waals surface area contributed by atoms with Crippen molar-refractivity contribution in [2.24, 2.45) is 0 Å². The van der Waals surface area contributed by atoms with Crippen LogP contribution in [0.4, 0.5) is 18.9 Å². The SMILES string of the molecule is CCc1ccc(-c2nc3ccc(N(CC)C(=O)C(F)(F)F)cc3o2)cc1. The number of rotatable bonds is 4. The molecule has 0 unspecified atom stereocenters. The number of aryl methyl sites for hydroxylation is 1. The maximum absolute atomic E-state index is 12.7. The van der Waals surface area contributed by atoms with Gasteiger partial charge in [-0.25, -0.2) is 4.98 Å². The quantitative estimate of drug-likeness (QED) is 0.658. The lowest BCUT2D eigenvalue weighted by atomic mass is 10.1. The molecule has 0 atom stereocenters. The zero-order valence-electron chi connectivity index (χ0n) is 14.3. The Morgan fingerprint density at radius 2 is 1.81 bits per heavy atom. The Balaban J connectivity index is 1.97. The van der Waals surface area contributed by atoms with E-state index < -0.39 is 12.1 Å². The van der Waals surface area contributed by atoms with Crippen LogP contribution >= 0.6 is 0 Å². The number of alkyl halides is 3. The molecule has 1 aromatic heterocycles. The zero-order chi connectivity index (χ0) is 18.9. The highest BCUT2D eigenvalue weighted by Gasteiger charge is 2.42. The van der Waals surface area contributed by atoms with Gasteiger partial charge in [-0.05, 0) is 43.2 Å². The van der Waals surface area contributed by atoms with Crippen molar-refractivity contribution < 1.29 is 22.4 Å². The third-order valence-electron chi connectivity index (χ3n) is 4.10. The smallest absolute Gasteiger partial charge is 0.436 e. The highest BCUT2D eigenvalue weighted by atomic mass is 19.4. The molecular formula is C19H17F3N2O2. The van der Waals surface area contributed by atoms with Gasteiger partial charge in [-0.2, -0.15) is 13.2 Å². The molecule has 4 nitrogen and oxygen atoms in total. The molecule has 0 radical (unpaired) electrons. The van der Waals surface area contributed by atoms with E-state index in [1.165, 1.54) is 24.6 Å². The normalized spacial score (nSPS) is 11.7. The van der Waals surface area contributed by atoms with Gasteiger partial charge in [-0.15, -0.1) is 0 Å². The van der Waals surface area contributed by atoms with Crippen LogP contribution in [-0.4, -0.2) is 23.6 Å². The molecule has 0 saturated heterocycles. The molecule has 2 aromatic carbocycles. The highest BCUT2D eigenvalue weighted by Crippen LogP contribution is 2.29. The third kappa shape index (κ3) is 3.42. The first kappa shape index (κ1) is 18.0. The van der Waals surface area contributed by atoms with E-state index in [0.29, 0.717) is 21.9 Å². The molecule has 0 aliphatic rings. The summed E-state index contributed by atoms with van der Waals surface area (Å²) in [4.78, 5) is 16.6. The fraction of sp³-hybridized carbons (Fsp3) is 0.263. The van der Waals surface area contributed by atoms with E-state index in [1.54, 1.807) is 6.07 Å². The summed E-state index contributed by atoms with van der Waals surface area (Å²) in [5.74, 6) is -1.53. The van der Waals surface area contributed by atoms with Gasteiger partial charge in [0.2, 0.25) is 5.89 Å². The fourth-order valence-corrected chi connectivity index (χ4v) is 2.68. The molecule has 0 saturated carbocycles. The molecule has 0 bridgehead atoms. The van der Waals surface area contributed by atoms with E-state index in [-0.39, 0.29) is 12.2 Å². The molecule has 0 N–H and O–H groups in total. The molecule has 0 spiro atoms. The van der Waals surface area contributed by atoms with Crippen molar-refractivity contribution in [2.45, 2.75) is 26.4 Å². The summed E-state index contributed by atoms with van der Waals surface area (Å²) >= 11 is 0. The first-order chi connectivity index (χ1) is 12.3. The number of anilines is 1. The Morgan fingerprint density at radius 3 is 2.38 bits per heavy atom. The number of nitrogens with zero attached hydrogens (tertiary/aromatic N) is 2. The Hall–Kier alpha value is -2.83. The molecular weight excluding hydrogens is 345 g/mol. The summed E-state index contributed by atoms with van der Waals surface area (Å²) in [5, 5.41) is 0. The first-order valence-electron chi connectivity index (χ1n) is 8.22. The van der Waals surface area contributed by atoms with Gasteiger partial charge in [0.1, 0.15) is 5.52 Å². The van der Waals surface area contributed by atoms with Crippen LogP contribution in [0.3, 0.4) is 0 Å². The molecule has 7 heteroatoms. The van der Waals surface area contributed by atoms with Gasteiger partial charge in [0.05, 0.1) is 0 Å². The van der Waals surface area contributed by atoms with Crippen LogP contribution < -0.4 is 4.90 Å². The van der Waals surface area contributed by atoms with Crippen LogP contribution in [0.5, 0.6) is 0 Å². The van der Waals surface area contributed by atoms with Crippen molar-refractivity contribution in [3.05, 3.63) is 48.0 Å². The Morgan fingerprint density at radius 1 is 1.12 bits per heavy atom. The van der Waals surface area contributed by atoms with Crippen molar-refractivity contribution in [1.82, 2.24) is 4.98 Å². The number of aromatic nitrogens is 1. The summed E-state index contributed by atoms with van der Waals surface area (Å²) in [7, 11) is 0. The van der Waals surface area contributed by atoms with E-state index >= 15 is 0 Å². The summed E-state index contributed by atoms with van der Waals surface area (Å²) in [6.45, 7) is 3.43. The molecule has 1 amide bonds. The lowest BCUT2D eigenvalue weighted by Crippen LogP contribution is -2.41. The maximum Gasteiger partial charge on any atom is 0.471 e. The Bertz CT molecular complexity index is 930. The number of hydrogen-bond donors (Lipinski definition) is 0. The number of carbonyl (C=O) groups is 1. The Kier molecular flexibility index (Phi) is 4.71. The minimum Gasteiger partial charge on any atom is -0.436 e. The fourth-order valence-electron chi connectivity index (χ4n) is 2.68. The predicted octanol–water partition coefficient (Wildman–Crippen LogP) is 4.97. The van der Waals surface area contributed by atoms with Crippen molar-refractivity contribution in [3.63, 3.8) is 0 Å². The molecule has 3 rings (SSSR count). The minimum atomic E-state index is -4.93. The van der Waals surface area contributed by atoms with Crippen molar-refractivity contribution in [2.75, 3.05) is 11.4 Å². The highest BCUT2D eigenvalue weighted by molar-refractivity contribution is 5.98. The van der Waals surface area contributed by atoms with E-state index in [2.05, 4.69) is 11.9 Å². The second-order valence-corrected chi connectivity index (χ2v) is 5.77. The molecule has 26 heavy (non-hydrogen) atoms. The number of benzene rings is 2. The lowest BCUT2D eigenvalue weighted by Gasteiger charge is -2.21. The van der Waals surface area contributed by atoms with Gasteiger partial charge >= 0.3 is 12.1 Å². The maximum atomic E-state index is 12.7.